The maximum Gasteiger partial charge on any atom is 0.258 e. The fourth-order valence-electron chi connectivity index (χ4n) is 5.73. The van der Waals surface area contributed by atoms with Gasteiger partial charge in [0.2, 0.25) is 5.91 Å². The average molecular weight is 637 g/mol. The number of nitrogens with zero attached hydrogens (tertiary/aromatic N) is 2. The third-order valence-electron chi connectivity index (χ3n) is 8.58. The second kappa shape index (κ2) is 15.3. The van der Waals surface area contributed by atoms with Gasteiger partial charge in [0.25, 0.3) is 5.91 Å². The Hall–Kier alpha value is -4.70. The lowest BCUT2D eigenvalue weighted by Crippen LogP contribution is -2.49. The van der Waals surface area contributed by atoms with Gasteiger partial charge < -0.3 is 30.5 Å². The Morgan fingerprint density at radius 2 is 1.74 bits per heavy atom. The summed E-state index contributed by atoms with van der Waals surface area (Å²) in [7, 11) is 2.03. The van der Waals surface area contributed by atoms with E-state index in [1.54, 1.807) is 35.2 Å². The summed E-state index contributed by atoms with van der Waals surface area (Å²) in [5.41, 5.74) is 9.84. The number of hydrogen-bond donors (Lipinski definition) is 3. The Morgan fingerprint density at radius 1 is 1.04 bits per heavy atom. The molecule has 1 unspecified atom stereocenters. The van der Waals surface area contributed by atoms with E-state index in [9.17, 15) is 14.7 Å². The summed E-state index contributed by atoms with van der Waals surface area (Å²) in [6.07, 6.45) is -0.343. The highest BCUT2D eigenvalue weighted by molar-refractivity contribution is 6.02. The minimum atomic E-state index is -0.906. The van der Waals surface area contributed by atoms with E-state index in [1.807, 2.05) is 82.4 Å². The quantitative estimate of drug-likeness (QED) is 0.191. The maximum atomic E-state index is 13.8. The number of rotatable bonds is 11. The standard InChI is InChI=1S/C38H44N4O5/c1-25-11-8-9-16-33(25)46-30-19-17-28(18-20-30)22-41(4)23-34-26(2)21-42(27(3)24-43)38(45)31-14-10-15-32(36(31)47-34)40-37(44)35(39)29-12-6-5-7-13-29/h5-20,26-27,34-35,43H,21-24,39H2,1-4H3,(H,40,44)/t26-,27+,34-,35?/m1/s1. The molecule has 0 saturated heterocycles. The molecule has 47 heavy (non-hydrogen) atoms. The van der Waals surface area contributed by atoms with Crippen molar-refractivity contribution in [1.82, 2.24) is 9.80 Å². The van der Waals surface area contributed by atoms with Gasteiger partial charge in [0.15, 0.2) is 5.75 Å². The Balaban J connectivity index is 1.36. The number of ether oxygens (including phenoxy) is 2. The molecule has 1 aliphatic heterocycles. The van der Waals surface area contributed by atoms with Crippen molar-refractivity contribution in [2.45, 2.75) is 45.5 Å². The van der Waals surface area contributed by atoms with Gasteiger partial charge in [-0.3, -0.25) is 14.5 Å². The predicted octanol–water partition coefficient (Wildman–Crippen LogP) is 5.78. The van der Waals surface area contributed by atoms with Gasteiger partial charge in [-0.2, -0.15) is 0 Å². The summed E-state index contributed by atoms with van der Waals surface area (Å²) < 4.78 is 12.7. The first-order valence-corrected chi connectivity index (χ1v) is 16.0. The van der Waals surface area contributed by atoms with Crippen molar-refractivity contribution in [3.63, 3.8) is 0 Å². The zero-order valence-corrected chi connectivity index (χ0v) is 27.4. The highest BCUT2D eigenvalue weighted by atomic mass is 16.5. The van der Waals surface area contributed by atoms with Crippen LogP contribution in [0.15, 0.2) is 97.1 Å². The largest absolute Gasteiger partial charge is 0.486 e. The van der Waals surface area contributed by atoms with E-state index in [1.165, 1.54) is 0 Å². The first-order chi connectivity index (χ1) is 22.6. The van der Waals surface area contributed by atoms with Crippen molar-refractivity contribution < 1.29 is 24.2 Å². The van der Waals surface area contributed by atoms with Crippen LogP contribution in [-0.2, 0) is 11.3 Å². The number of aliphatic hydroxyl groups excluding tert-OH is 1. The van der Waals surface area contributed by atoms with Crippen LogP contribution in [0.2, 0.25) is 0 Å². The van der Waals surface area contributed by atoms with Crippen LogP contribution in [0.25, 0.3) is 0 Å². The molecule has 4 atom stereocenters. The summed E-state index contributed by atoms with van der Waals surface area (Å²) in [6, 6.07) is 28.9. The number of benzene rings is 4. The third-order valence-corrected chi connectivity index (χ3v) is 8.58. The van der Waals surface area contributed by atoms with Gasteiger partial charge in [0.05, 0.1) is 23.9 Å². The summed E-state index contributed by atoms with van der Waals surface area (Å²) in [5, 5.41) is 12.9. The number of para-hydroxylation sites is 2. The van der Waals surface area contributed by atoms with E-state index in [0.717, 1.165) is 22.6 Å². The van der Waals surface area contributed by atoms with Gasteiger partial charge in [-0.25, -0.2) is 0 Å². The lowest BCUT2D eigenvalue weighted by molar-refractivity contribution is -0.117. The number of nitrogens with one attached hydrogen (secondary N) is 1. The number of hydrogen-bond acceptors (Lipinski definition) is 7. The highest BCUT2D eigenvalue weighted by Gasteiger charge is 2.35. The molecule has 0 aromatic heterocycles. The van der Waals surface area contributed by atoms with Crippen molar-refractivity contribution in [3.8, 4) is 17.2 Å². The number of carbonyl (C=O) groups excluding carboxylic acids is 2. The molecule has 4 aromatic carbocycles. The molecule has 0 radical (unpaired) electrons. The number of carbonyl (C=O) groups is 2. The molecule has 1 aliphatic rings. The van der Waals surface area contributed by atoms with Crippen LogP contribution in [0.1, 0.15) is 46.9 Å². The number of fused-ring (bicyclic) bond motifs is 1. The van der Waals surface area contributed by atoms with Gasteiger partial charge in [-0.15, -0.1) is 0 Å². The van der Waals surface area contributed by atoms with Gasteiger partial charge in [0, 0.05) is 25.6 Å². The number of aliphatic hydroxyl groups is 1. The molecule has 0 aliphatic carbocycles. The Bertz CT molecular complexity index is 1660. The van der Waals surface area contributed by atoms with Crippen molar-refractivity contribution >= 4 is 17.5 Å². The van der Waals surface area contributed by atoms with Crippen molar-refractivity contribution in [3.05, 3.63) is 119 Å². The second-order valence-electron chi connectivity index (χ2n) is 12.4. The molecule has 9 heteroatoms. The summed E-state index contributed by atoms with van der Waals surface area (Å²) in [5.74, 6) is 1.11. The number of amides is 2. The third kappa shape index (κ3) is 8.18. The molecular formula is C38H44N4O5. The Kier molecular flexibility index (Phi) is 10.9. The molecule has 5 rings (SSSR count). The van der Waals surface area contributed by atoms with Crippen LogP contribution < -0.4 is 20.5 Å². The Labute approximate surface area is 276 Å². The van der Waals surface area contributed by atoms with Crippen molar-refractivity contribution in [2.75, 3.05) is 32.1 Å². The van der Waals surface area contributed by atoms with E-state index in [-0.39, 0.29) is 24.5 Å². The van der Waals surface area contributed by atoms with Crippen molar-refractivity contribution in [2.24, 2.45) is 11.7 Å². The molecule has 4 N–H and O–H groups in total. The van der Waals surface area contributed by atoms with Crippen LogP contribution in [0, 0.1) is 12.8 Å². The normalized spacial score (nSPS) is 17.6. The molecule has 246 valence electrons. The van der Waals surface area contributed by atoms with Gasteiger partial charge in [-0.1, -0.05) is 73.7 Å². The smallest absolute Gasteiger partial charge is 0.258 e. The molecule has 0 bridgehead atoms. The van der Waals surface area contributed by atoms with Gasteiger partial charge in [0.1, 0.15) is 23.6 Å². The van der Waals surface area contributed by atoms with E-state index in [4.69, 9.17) is 15.2 Å². The summed E-state index contributed by atoms with van der Waals surface area (Å²) in [6.45, 7) is 7.31. The molecule has 2 amide bonds. The first kappa shape index (κ1) is 33.7. The van der Waals surface area contributed by atoms with Crippen LogP contribution in [0.3, 0.4) is 0 Å². The SMILES string of the molecule is Cc1ccccc1Oc1ccc(CN(C)C[C@H]2Oc3c(NC(=O)C(N)c4ccccc4)cccc3C(=O)N([C@@H](C)CO)C[C@H]2C)cc1. The molecule has 4 aromatic rings. The number of anilines is 1. The van der Waals surface area contributed by atoms with Crippen LogP contribution >= 0.6 is 0 Å². The zero-order valence-electron chi connectivity index (χ0n) is 27.4. The minimum Gasteiger partial charge on any atom is -0.486 e. The molecule has 0 saturated carbocycles. The fraction of sp³-hybridized carbons (Fsp3) is 0.316. The molecular weight excluding hydrogens is 592 g/mol. The number of likely N-dealkylation sites (N-methyl/N-ethyl adjacent to an activating group) is 1. The summed E-state index contributed by atoms with van der Waals surface area (Å²) in [4.78, 5) is 31.0. The van der Waals surface area contributed by atoms with Gasteiger partial charge in [-0.05, 0) is 67.9 Å². The van der Waals surface area contributed by atoms with Crippen LogP contribution in [0.5, 0.6) is 17.2 Å². The molecule has 0 fully saturated rings. The Morgan fingerprint density at radius 3 is 2.45 bits per heavy atom. The number of aryl methyl sites for hydroxylation is 1. The monoisotopic (exact) mass is 636 g/mol. The van der Waals surface area contributed by atoms with Crippen LogP contribution in [0.4, 0.5) is 5.69 Å². The topological polar surface area (TPSA) is 117 Å². The molecule has 0 spiro atoms. The first-order valence-electron chi connectivity index (χ1n) is 16.0. The lowest BCUT2D eigenvalue weighted by atomic mass is 9.98. The van der Waals surface area contributed by atoms with Crippen molar-refractivity contribution in [1.29, 1.82) is 0 Å². The minimum absolute atomic E-state index is 0.0937. The van der Waals surface area contributed by atoms with E-state index >= 15 is 0 Å². The summed E-state index contributed by atoms with van der Waals surface area (Å²) >= 11 is 0. The van der Waals surface area contributed by atoms with E-state index in [0.29, 0.717) is 42.2 Å². The average Bonchev–Trinajstić information content (AvgIpc) is 3.08. The van der Waals surface area contributed by atoms with E-state index < -0.39 is 18.0 Å². The van der Waals surface area contributed by atoms with Gasteiger partial charge >= 0.3 is 0 Å². The zero-order chi connectivity index (χ0) is 33.5. The fourth-order valence-corrected chi connectivity index (χ4v) is 5.73. The second-order valence-corrected chi connectivity index (χ2v) is 12.4. The number of nitrogens with two attached hydrogens (primary N) is 1. The molecule has 1 heterocycles. The maximum absolute atomic E-state index is 13.8. The van der Waals surface area contributed by atoms with Crippen LogP contribution in [-0.4, -0.2) is 65.6 Å². The van der Waals surface area contributed by atoms with E-state index in [2.05, 4.69) is 22.3 Å². The lowest BCUT2D eigenvalue weighted by Gasteiger charge is -2.38. The molecule has 9 nitrogen and oxygen atoms in total. The predicted molar refractivity (Wildman–Crippen MR) is 184 cm³/mol. The highest BCUT2D eigenvalue weighted by Crippen LogP contribution is 2.35.